The molecule has 17 heavy (non-hydrogen) atoms. The predicted molar refractivity (Wildman–Crippen MR) is 73.4 cm³/mol. The Kier molecular flexibility index (Phi) is 6.06. The summed E-state index contributed by atoms with van der Waals surface area (Å²) in [7, 11) is 0. The second-order valence-electron chi connectivity index (χ2n) is 4.80. The molecule has 0 aromatic heterocycles. The van der Waals surface area contributed by atoms with Crippen LogP contribution in [-0.2, 0) is 0 Å². The summed E-state index contributed by atoms with van der Waals surface area (Å²) in [6.07, 6.45) is 5.08. The highest BCUT2D eigenvalue weighted by Gasteiger charge is 2.09. The van der Waals surface area contributed by atoms with Crippen LogP contribution in [0, 0.1) is 6.92 Å². The van der Waals surface area contributed by atoms with Crippen molar-refractivity contribution in [3.05, 3.63) is 29.3 Å². The summed E-state index contributed by atoms with van der Waals surface area (Å²) in [4.78, 5) is 0. The Morgan fingerprint density at radius 3 is 2.65 bits per heavy atom. The number of hydrogen-bond donors (Lipinski definition) is 2. The summed E-state index contributed by atoms with van der Waals surface area (Å²) >= 11 is 0. The van der Waals surface area contributed by atoms with Gasteiger partial charge in [0.05, 0.1) is 0 Å². The summed E-state index contributed by atoms with van der Waals surface area (Å²) in [5.41, 5.74) is 2.09. The summed E-state index contributed by atoms with van der Waals surface area (Å²) in [5.74, 6) is 0.401. The maximum atomic E-state index is 9.86. The molecule has 2 heteroatoms. The third-order valence-corrected chi connectivity index (χ3v) is 3.13. The van der Waals surface area contributed by atoms with Crippen molar-refractivity contribution in [1.29, 1.82) is 0 Å². The van der Waals surface area contributed by atoms with Crippen LogP contribution < -0.4 is 5.32 Å². The highest BCUT2D eigenvalue weighted by molar-refractivity contribution is 5.37. The molecule has 1 aromatic carbocycles. The van der Waals surface area contributed by atoms with Gasteiger partial charge in [-0.3, -0.25) is 0 Å². The monoisotopic (exact) mass is 235 g/mol. The number of benzene rings is 1. The average Bonchev–Trinajstić information content (AvgIpc) is 2.28. The fraction of sp³-hybridized carbons (Fsp3) is 0.600. The molecule has 1 aromatic rings. The number of phenolic OH excluding ortho intramolecular Hbond substituents is 1. The van der Waals surface area contributed by atoms with Crippen molar-refractivity contribution >= 4 is 0 Å². The normalized spacial score (nSPS) is 12.6. The van der Waals surface area contributed by atoms with Gasteiger partial charge >= 0.3 is 0 Å². The molecule has 0 amide bonds. The molecule has 0 heterocycles. The van der Waals surface area contributed by atoms with Gasteiger partial charge in [0.1, 0.15) is 5.75 Å². The van der Waals surface area contributed by atoms with Crippen LogP contribution in [0.15, 0.2) is 18.2 Å². The standard InChI is InChI=1S/C15H25NO/c1-4-5-6-7-10-16-13(3)14-9-8-12(2)11-15(14)17/h8-9,11,13,16-17H,4-7,10H2,1-3H3. The highest BCUT2D eigenvalue weighted by atomic mass is 16.3. The van der Waals surface area contributed by atoms with E-state index < -0.39 is 0 Å². The molecule has 96 valence electrons. The van der Waals surface area contributed by atoms with E-state index in [2.05, 4.69) is 19.2 Å². The zero-order chi connectivity index (χ0) is 12.7. The first-order chi connectivity index (χ1) is 8.15. The van der Waals surface area contributed by atoms with Crippen LogP contribution in [0.1, 0.15) is 56.7 Å². The summed E-state index contributed by atoms with van der Waals surface area (Å²) in [5, 5.41) is 13.3. The maximum Gasteiger partial charge on any atom is 0.120 e. The number of aryl methyl sites for hydroxylation is 1. The molecule has 1 unspecified atom stereocenters. The maximum absolute atomic E-state index is 9.86. The molecule has 1 atom stereocenters. The SMILES string of the molecule is CCCCCCNC(C)c1ccc(C)cc1O. The van der Waals surface area contributed by atoms with Gasteiger partial charge in [0.2, 0.25) is 0 Å². The van der Waals surface area contributed by atoms with Crippen molar-refractivity contribution < 1.29 is 5.11 Å². The lowest BCUT2D eigenvalue weighted by atomic mass is 10.0. The summed E-state index contributed by atoms with van der Waals surface area (Å²) in [6, 6.07) is 6.10. The molecule has 1 rings (SSSR count). The first-order valence-corrected chi connectivity index (χ1v) is 6.68. The Bertz CT molecular complexity index is 336. The second-order valence-corrected chi connectivity index (χ2v) is 4.80. The Morgan fingerprint density at radius 1 is 1.24 bits per heavy atom. The molecule has 0 bridgehead atoms. The van der Waals surface area contributed by atoms with Crippen molar-refractivity contribution in [3.63, 3.8) is 0 Å². The van der Waals surface area contributed by atoms with Crippen molar-refractivity contribution in [3.8, 4) is 5.75 Å². The second kappa shape index (κ2) is 7.33. The molecule has 0 fully saturated rings. The van der Waals surface area contributed by atoms with Gasteiger partial charge in [-0.25, -0.2) is 0 Å². The molecule has 0 aliphatic carbocycles. The molecular formula is C15H25NO. The lowest BCUT2D eigenvalue weighted by Crippen LogP contribution is -2.19. The van der Waals surface area contributed by atoms with Crippen LogP contribution in [0.5, 0.6) is 5.75 Å². The number of hydrogen-bond acceptors (Lipinski definition) is 2. The molecular weight excluding hydrogens is 210 g/mol. The fourth-order valence-corrected chi connectivity index (χ4v) is 2.00. The van der Waals surface area contributed by atoms with E-state index in [1.807, 2.05) is 25.1 Å². The predicted octanol–water partition coefficient (Wildman–Crippen LogP) is 3.93. The molecule has 0 radical (unpaired) electrons. The number of rotatable bonds is 7. The Morgan fingerprint density at radius 2 is 2.00 bits per heavy atom. The van der Waals surface area contributed by atoms with E-state index in [1.165, 1.54) is 25.7 Å². The van der Waals surface area contributed by atoms with Gasteiger partial charge in [0.15, 0.2) is 0 Å². The van der Waals surface area contributed by atoms with Gasteiger partial charge in [0, 0.05) is 11.6 Å². The van der Waals surface area contributed by atoms with Crippen molar-refractivity contribution in [2.45, 2.75) is 52.5 Å². The topological polar surface area (TPSA) is 32.3 Å². The van der Waals surface area contributed by atoms with Crippen LogP contribution >= 0.6 is 0 Å². The highest BCUT2D eigenvalue weighted by Crippen LogP contribution is 2.24. The Hall–Kier alpha value is -1.02. The van der Waals surface area contributed by atoms with E-state index >= 15 is 0 Å². The molecule has 0 saturated heterocycles. The minimum atomic E-state index is 0.220. The third kappa shape index (κ3) is 4.78. The van der Waals surface area contributed by atoms with Gasteiger partial charge in [0.25, 0.3) is 0 Å². The average molecular weight is 235 g/mol. The summed E-state index contributed by atoms with van der Waals surface area (Å²) in [6.45, 7) is 7.34. The van der Waals surface area contributed by atoms with Crippen LogP contribution in [0.4, 0.5) is 0 Å². The molecule has 0 aliphatic heterocycles. The van der Waals surface area contributed by atoms with E-state index in [0.29, 0.717) is 5.75 Å². The minimum Gasteiger partial charge on any atom is -0.508 e. The molecule has 2 nitrogen and oxygen atoms in total. The van der Waals surface area contributed by atoms with E-state index in [9.17, 15) is 5.11 Å². The first kappa shape index (κ1) is 14.0. The van der Waals surface area contributed by atoms with Crippen LogP contribution in [-0.4, -0.2) is 11.7 Å². The van der Waals surface area contributed by atoms with Gasteiger partial charge in [-0.2, -0.15) is 0 Å². The van der Waals surface area contributed by atoms with Gasteiger partial charge in [-0.05, 0) is 38.4 Å². The van der Waals surface area contributed by atoms with E-state index in [-0.39, 0.29) is 6.04 Å². The minimum absolute atomic E-state index is 0.220. The number of aromatic hydroxyl groups is 1. The van der Waals surface area contributed by atoms with Gasteiger partial charge < -0.3 is 10.4 Å². The first-order valence-electron chi connectivity index (χ1n) is 6.68. The fourth-order valence-electron chi connectivity index (χ4n) is 2.00. The summed E-state index contributed by atoms with van der Waals surface area (Å²) < 4.78 is 0. The molecule has 0 aliphatic rings. The molecule has 0 saturated carbocycles. The lowest BCUT2D eigenvalue weighted by molar-refractivity contribution is 0.450. The molecule has 0 spiro atoms. The van der Waals surface area contributed by atoms with Gasteiger partial charge in [-0.15, -0.1) is 0 Å². The zero-order valence-corrected chi connectivity index (χ0v) is 11.3. The quantitative estimate of drug-likeness (QED) is 0.702. The van der Waals surface area contributed by atoms with Crippen molar-refractivity contribution in [2.24, 2.45) is 0 Å². The van der Waals surface area contributed by atoms with Crippen LogP contribution in [0.25, 0.3) is 0 Å². The Balaban J connectivity index is 2.38. The Labute approximate surface area is 105 Å². The third-order valence-electron chi connectivity index (χ3n) is 3.13. The van der Waals surface area contributed by atoms with E-state index in [0.717, 1.165) is 17.7 Å². The smallest absolute Gasteiger partial charge is 0.120 e. The van der Waals surface area contributed by atoms with Gasteiger partial charge in [-0.1, -0.05) is 38.3 Å². The number of phenols is 1. The lowest BCUT2D eigenvalue weighted by Gasteiger charge is -2.16. The zero-order valence-electron chi connectivity index (χ0n) is 11.3. The van der Waals surface area contributed by atoms with Crippen molar-refractivity contribution in [1.82, 2.24) is 5.32 Å². The van der Waals surface area contributed by atoms with Crippen LogP contribution in [0.3, 0.4) is 0 Å². The largest absolute Gasteiger partial charge is 0.508 e. The van der Waals surface area contributed by atoms with Crippen LogP contribution in [0.2, 0.25) is 0 Å². The van der Waals surface area contributed by atoms with E-state index in [4.69, 9.17) is 0 Å². The molecule has 2 N–H and O–H groups in total. The van der Waals surface area contributed by atoms with Crippen molar-refractivity contribution in [2.75, 3.05) is 6.54 Å². The number of nitrogens with one attached hydrogen (secondary N) is 1. The van der Waals surface area contributed by atoms with E-state index in [1.54, 1.807) is 0 Å². The number of unbranched alkanes of at least 4 members (excludes halogenated alkanes) is 3.